The largest absolute Gasteiger partial charge is 0.340 e. The van der Waals surface area contributed by atoms with Crippen LogP contribution in [0.4, 0.5) is 0 Å². The Morgan fingerprint density at radius 1 is 1.35 bits per heavy atom. The number of carbonyl (C=O) groups excluding carboxylic acids is 1. The molecule has 118 valence electrons. The molecule has 0 bridgehead atoms. The van der Waals surface area contributed by atoms with Crippen molar-refractivity contribution in [2.75, 3.05) is 13.6 Å². The summed E-state index contributed by atoms with van der Waals surface area (Å²) in [5.41, 5.74) is 4.30. The standard InChI is InChI=1S/C16H16N4OS2/c1-11-14(23-10-18-11)5-7-20(2)16(21)13-9-22-15(19-13)12-4-3-6-17-8-12/h3-4,6,8-10H,5,7H2,1-2H3. The molecule has 3 aromatic rings. The second kappa shape index (κ2) is 6.97. The van der Waals surface area contributed by atoms with Gasteiger partial charge in [-0.3, -0.25) is 9.78 Å². The van der Waals surface area contributed by atoms with Gasteiger partial charge in [-0.2, -0.15) is 0 Å². The molecule has 0 N–H and O–H groups in total. The van der Waals surface area contributed by atoms with E-state index in [0.717, 1.165) is 22.7 Å². The quantitative estimate of drug-likeness (QED) is 0.713. The first-order valence-corrected chi connectivity index (χ1v) is 8.91. The minimum absolute atomic E-state index is 0.0569. The zero-order valence-electron chi connectivity index (χ0n) is 12.9. The lowest BCUT2D eigenvalue weighted by molar-refractivity contribution is 0.0792. The molecule has 3 rings (SSSR count). The number of rotatable bonds is 5. The summed E-state index contributed by atoms with van der Waals surface area (Å²) in [7, 11) is 1.81. The maximum absolute atomic E-state index is 12.5. The Morgan fingerprint density at radius 3 is 2.91 bits per heavy atom. The zero-order chi connectivity index (χ0) is 16.2. The predicted molar refractivity (Wildman–Crippen MR) is 92.9 cm³/mol. The summed E-state index contributed by atoms with van der Waals surface area (Å²) >= 11 is 3.09. The number of nitrogens with zero attached hydrogens (tertiary/aromatic N) is 4. The third-order valence-electron chi connectivity index (χ3n) is 3.50. The molecular weight excluding hydrogens is 328 g/mol. The van der Waals surface area contributed by atoms with Crippen molar-refractivity contribution in [2.24, 2.45) is 0 Å². The van der Waals surface area contributed by atoms with Crippen LogP contribution in [0.25, 0.3) is 10.6 Å². The van der Waals surface area contributed by atoms with Crippen molar-refractivity contribution in [3.8, 4) is 10.6 Å². The maximum atomic E-state index is 12.5. The first kappa shape index (κ1) is 15.8. The molecule has 0 saturated heterocycles. The van der Waals surface area contributed by atoms with Gasteiger partial charge in [0, 0.05) is 48.2 Å². The molecule has 0 radical (unpaired) electrons. The Hall–Kier alpha value is -2.12. The van der Waals surface area contributed by atoms with Gasteiger partial charge in [0.1, 0.15) is 10.7 Å². The highest BCUT2D eigenvalue weighted by molar-refractivity contribution is 7.13. The first-order valence-electron chi connectivity index (χ1n) is 7.15. The number of hydrogen-bond acceptors (Lipinski definition) is 6. The highest BCUT2D eigenvalue weighted by Gasteiger charge is 2.16. The van der Waals surface area contributed by atoms with Gasteiger partial charge in [0.2, 0.25) is 0 Å². The van der Waals surface area contributed by atoms with Crippen LogP contribution in [0.1, 0.15) is 21.1 Å². The first-order chi connectivity index (χ1) is 11.1. The number of pyridine rings is 1. The summed E-state index contributed by atoms with van der Waals surface area (Å²) in [5.74, 6) is -0.0569. The van der Waals surface area contributed by atoms with Gasteiger partial charge in [0.05, 0.1) is 11.2 Å². The number of hydrogen-bond donors (Lipinski definition) is 0. The van der Waals surface area contributed by atoms with E-state index in [1.165, 1.54) is 16.2 Å². The third-order valence-corrected chi connectivity index (χ3v) is 5.38. The molecule has 0 spiro atoms. The molecule has 0 aromatic carbocycles. The van der Waals surface area contributed by atoms with Crippen molar-refractivity contribution in [1.82, 2.24) is 19.9 Å². The fourth-order valence-electron chi connectivity index (χ4n) is 2.13. The molecule has 7 heteroatoms. The lowest BCUT2D eigenvalue weighted by atomic mass is 10.3. The summed E-state index contributed by atoms with van der Waals surface area (Å²) in [6, 6.07) is 3.80. The van der Waals surface area contributed by atoms with Crippen LogP contribution in [-0.2, 0) is 6.42 Å². The van der Waals surface area contributed by atoms with Crippen LogP contribution < -0.4 is 0 Å². The fourth-order valence-corrected chi connectivity index (χ4v) is 3.68. The number of likely N-dealkylation sites (N-methyl/N-ethyl adjacent to an activating group) is 1. The van der Waals surface area contributed by atoms with Crippen LogP contribution in [-0.4, -0.2) is 39.4 Å². The number of amides is 1. The van der Waals surface area contributed by atoms with Crippen molar-refractivity contribution in [1.29, 1.82) is 0 Å². The van der Waals surface area contributed by atoms with Crippen LogP contribution in [0.2, 0.25) is 0 Å². The number of aromatic nitrogens is 3. The highest BCUT2D eigenvalue weighted by atomic mass is 32.1. The van der Waals surface area contributed by atoms with Crippen molar-refractivity contribution in [2.45, 2.75) is 13.3 Å². The molecule has 0 aliphatic heterocycles. The molecule has 23 heavy (non-hydrogen) atoms. The Balaban J connectivity index is 1.66. The average molecular weight is 344 g/mol. The summed E-state index contributed by atoms with van der Waals surface area (Å²) < 4.78 is 0. The SMILES string of the molecule is Cc1ncsc1CCN(C)C(=O)c1csc(-c2cccnc2)n1. The van der Waals surface area contributed by atoms with Crippen LogP contribution in [0.15, 0.2) is 35.4 Å². The number of thiazole rings is 2. The van der Waals surface area contributed by atoms with Gasteiger partial charge in [-0.1, -0.05) is 0 Å². The second-order valence-electron chi connectivity index (χ2n) is 5.12. The molecule has 0 saturated carbocycles. The smallest absolute Gasteiger partial charge is 0.273 e. The van der Waals surface area contributed by atoms with Gasteiger partial charge in [-0.15, -0.1) is 22.7 Å². The lowest BCUT2D eigenvalue weighted by Gasteiger charge is -2.15. The number of carbonyl (C=O) groups is 1. The molecule has 1 amide bonds. The van der Waals surface area contributed by atoms with E-state index in [2.05, 4.69) is 15.0 Å². The van der Waals surface area contributed by atoms with E-state index < -0.39 is 0 Å². The van der Waals surface area contributed by atoms with E-state index in [9.17, 15) is 4.79 Å². The molecule has 0 aliphatic rings. The second-order valence-corrected chi connectivity index (χ2v) is 6.91. The summed E-state index contributed by atoms with van der Waals surface area (Å²) in [5, 5.41) is 2.62. The minimum Gasteiger partial charge on any atom is -0.340 e. The van der Waals surface area contributed by atoms with Gasteiger partial charge in [-0.25, -0.2) is 9.97 Å². The summed E-state index contributed by atoms with van der Waals surface area (Å²) in [6.45, 7) is 2.65. The van der Waals surface area contributed by atoms with E-state index >= 15 is 0 Å². The van der Waals surface area contributed by atoms with Crippen molar-refractivity contribution in [3.05, 3.63) is 51.7 Å². The van der Waals surface area contributed by atoms with E-state index in [1.54, 1.807) is 34.0 Å². The van der Waals surface area contributed by atoms with Crippen molar-refractivity contribution >= 4 is 28.6 Å². The van der Waals surface area contributed by atoms with Crippen molar-refractivity contribution < 1.29 is 4.79 Å². The fraction of sp³-hybridized carbons (Fsp3) is 0.250. The van der Waals surface area contributed by atoms with Crippen LogP contribution in [0.5, 0.6) is 0 Å². The van der Waals surface area contributed by atoms with Crippen LogP contribution in [0, 0.1) is 6.92 Å². The Bertz CT molecular complexity index is 797. The Labute approximate surface area is 142 Å². The summed E-state index contributed by atoms with van der Waals surface area (Å²) in [6.07, 6.45) is 4.29. The van der Waals surface area contributed by atoms with E-state index in [0.29, 0.717) is 12.2 Å². The third kappa shape index (κ3) is 3.62. The molecule has 0 atom stereocenters. The molecule has 0 aliphatic carbocycles. The Kier molecular flexibility index (Phi) is 4.78. The topological polar surface area (TPSA) is 59.0 Å². The van der Waals surface area contributed by atoms with Crippen molar-refractivity contribution in [3.63, 3.8) is 0 Å². The monoisotopic (exact) mass is 344 g/mol. The molecule has 5 nitrogen and oxygen atoms in total. The van der Waals surface area contributed by atoms with E-state index in [-0.39, 0.29) is 5.91 Å². The van der Waals surface area contributed by atoms with Crippen LogP contribution in [0.3, 0.4) is 0 Å². The Morgan fingerprint density at radius 2 is 2.22 bits per heavy atom. The van der Waals surface area contributed by atoms with E-state index in [1.807, 2.05) is 31.6 Å². The lowest BCUT2D eigenvalue weighted by Crippen LogP contribution is -2.29. The maximum Gasteiger partial charge on any atom is 0.273 e. The zero-order valence-corrected chi connectivity index (χ0v) is 14.5. The summed E-state index contributed by atoms with van der Waals surface area (Å²) in [4.78, 5) is 28.2. The molecule has 3 aromatic heterocycles. The molecule has 0 fully saturated rings. The highest BCUT2D eigenvalue weighted by Crippen LogP contribution is 2.23. The predicted octanol–water partition coefficient (Wildman–Crippen LogP) is 3.28. The number of aryl methyl sites for hydroxylation is 1. The minimum atomic E-state index is -0.0569. The molecular formula is C16H16N4OS2. The molecule has 3 heterocycles. The van der Waals surface area contributed by atoms with Gasteiger partial charge < -0.3 is 4.90 Å². The molecule has 0 unspecified atom stereocenters. The van der Waals surface area contributed by atoms with Crippen LogP contribution >= 0.6 is 22.7 Å². The van der Waals surface area contributed by atoms with Gasteiger partial charge in [0.15, 0.2) is 0 Å². The van der Waals surface area contributed by atoms with E-state index in [4.69, 9.17) is 0 Å². The van der Waals surface area contributed by atoms with Gasteiger partial charge >= 0.3 is 0 Å². The van der Waals surface area contributed by atoms with Gasteiger partial charge in [-0.05, 0) is 19.1 Å². The normalized spacial score (nSPS) is 10.7. The van der Waals surface area contributed by atoms with Gasteiger partial charge in [0.25, 0.3) is 5.91 Å². The average Bonchev–Trinajstić information content (AvgIpc) is 3.22.